The molecule has 8 nitrogen and oxygen atoms in total. The number of aromatic nitrogens is 2. The molecule has 210 valence electrons. The zero-order valence-electron chi connectivity index (χ0n) is 21.9. The van der Waals surface area contributed by atoms with Gasteiger partial charge in [0.2, 0.25) is 5.43 Å². The summed E-state index contributed by atoms with van der Waals surface area (Å²) in [5, 5.41) is 11.7. The largest absolute Gasteiger partial charge is 0.416 e. The maximum atomic E-state index is 13.6. The molecule has 12 heteroatoms. The number of alkyl halides is 3. The third-order valence-corrected chi connectivity index (χ3v) is 7.49. The van der Waals surface area contributed by atoms with Crippen LogP contribution < -0.4 is 10.7 Å². The quantitative estimate of drug-likeness (QED) is 0.344. The highest BCUT2D eigenvalue weighted by Gasteiger charge is 2.31. The summed E-state index contributed by atoms with van der Waals surface area (Å²) in [5.74, 6) is -0.767. The number of hydrogen-bond donors (Lipinski definition) is 1. The molecular formula is C29H23F3N4O4S. The van der Waals surface area contributed by atoms with Gasteiger partial charge in [-0.1, -0.05) is 24.3 Å². The van der Waals surface area contributed by atoms with E-state index in [1.54, 1.807) is 23.6 Å². The van der Waals surface area contributed by atoms with Crippen molar-refractivity contribution in [1.29, 1.82) is 5.26 Å². The lowest BCUT2D eigenvalue weighted by molar-refractivity contribution is -0.137. The molecule has 4 rings (SSSR count). The molecule has 1 N–H and O–H groups in total. The van der Waals surface area contributed by atoms with Crippen molar-refractivity contribution >= 4 is 15.7 Å². The van der Waals surface area contributed by atoms with Crippen molar-refractivity contribution in [2.75, 3.05) is 6.26 Å². The number of benzene rings is 2. The maximum absolute atomic E-state index is 13.6. The van der Waals surface area contributed by atoms with Crippen molar-refractivity contribution in [2.24, 2.45) is 0 Å². The SMILES string of the molecule is Cc1c(-c2cccc(C(F)(F)F)c2)c(=O)c(C(=O)NCc2ccc(S(C)(=O)=O)cc2)cn1Cc1ccc(C#N)cn1. The first kappa shape index (κ1) is 29.2. The van der Waals surface area contributed by atoms with Gasteiger partial charge in [0.25, 0.3) is 5.91 Å². The Kier molecular flexibility index (Phi) is 8.12. The molecule has 2 heterocycles. The zero-order valence-corrected chi connectivity index (χ0v) is 22.7. The van der Waals surface area contributed by atoms with Gasteiger partial charge in [-0.15, -0.1) is 0 Å². The summed E-state index contributed by atoms with van der Waals surface area (Å²) in [6.07, 6.45) is -0.890. The highest BCUT2D eigenvalue weighted by molar-refractivity contribution is 7.90. The predicted octanol–water partition coefficient (Wildman–Crippen LogP) is 4.49. The van der Waals surface area contributed by atoms with Gasteiger partial charge in [-0.3, -0.25) is 14.6 Å². The number of carbonyl (C=O) groups excluding carboxylic acids is 1. The second-order valence-corrected chi connectivity index (χ2v) is 11.3. The molecular weight excluding hydrogens is 557 g/mol. The number of nitrogens with zero attached hydrogens (tertiary/aromatic N) is 3. The first-order chi connectivity index (χ1) is 19.3. The molecule has 0 aliphatic rings. The van der Waals surface area contributed by atoms with Crippen LogP contribution in [0.3, 0.4) is 0 Å². The van der Waals surface area contributed by atoms with Crippen LogP contribution in [0.5, 0.6) is 0 Å². The average molecular weight is 581 g/mol. The summed E-state index contributed by atoms with van der Waals surface area (Å²) >= 11 is 0. The lowest BCUT2D eigenvalue weighted by atomic mass is 9.98. The Morgan fingerprint density at radius 2 is 1.80 bits per heavy atom. The molecule has 0 aliphatic heterocycles. The molecule has 2 aromatic carbocycles. The number of halogens is 3. The summed E-state index contributed by atoms with van der Waals surface area (Å²) in [4.78, 5) is 31.1. The third-order valence-electron chi connectivity index (χ3n) is 6.36. The molecule has 0 bridgehead atoms. The number of amides is 1. The second kappa shape index (κ2) is 11.4. The summed E-state index contributed by atoms with van der Waals surface area (Å²) in [7, 11) is -3.40. The van der Waals surface area contributed by atoms with E-state index in [0.29, 0.717) is 22.5 Å². The van der Waals surface area contributed by atoms with E-state index in [0.717, 1.165) is 18.4 Å². The first-order valence-electron chi connectivity index (χ1n) is 12.1. The molecule has 0 saturated heterocycles. The Hall–Kier alpha value is -4.76. The molecule has 0 spiro atoms. The van der Waals surface area contributed by atoms with E-state index in [2.05, 4.69) is 10.3 Å². The number of pyridine rings is 2. The van der Waals surface area contributed by atoms with Crippen molar-refractivity contribution in [2.45, 2.75) is 31.1 Å². The fourth-order valence-electron chi connectivity index (χ4n) is 4.16. The van der Waals surface area contributed by atoms with E-state index in [9.17, 15) is 31.2 Å². The second-order valence-electron chi connectivity index (χ2n) is 9.29. The van der Waals surface area contributed by atoms with E-state index < -0.39 is 32.9 Å². The molecule has 0 fully saturated rings. The van der Waals surface area contributed by atoms with E-state index in [1.807, 2.05) is 6.07 Å². The Balaban J connectivity index is 1.75. The van der Waals surface area contributed by atoms with Crippen LogP contribution in [0.15, 0.2) is 82.7 Å². The summed E-state index contributed by atoms with van der Waals surface area (Å²) in [6.45, 7) is 1.59. The molecule has 2 aromatic heterocycles. The third kappa shape index (κ3) is 6.70. The minimum Gasteiger partial charge on any atom is -0.348 e. The van der Waals surface area contributed by atoms with Crippen molar-refractivity contribution in [1.82, 2.24) is 14.9 Å². The minimum absolute atomic E-state index is 0.00474. The summed E-state index contributed by atoms with van der Waals surface area (Å²) in [6, 6.07) is 15.3. The standard InChI is InChI=1S/C29H23F3N4O4S/c1-18-26(21-4-3-5-22(12-21)29(30,31)32)27(37)25(17-36(18)16-23-9-6-20(13-33)15-34-23)28(38)35-14-19-7-10-24(11-8-19)41(2,39)40/h3-12,15,17H,14,16H2,1-2H3,(H,35,38). The van der Waals surface area contributed by atoms with Crippen LogP contribution in [0.1, 0.15) is 38.4 Å². The highest BCUT2D eigenvalue weighted by Crippen LogP contribution is 2.32. The number of rotatable bonds is 7. The van der Waals surface area contributed by atoms with E-state index in [4.69, 9.17) is 5.26 Å². The zero-order chi connectivity index (χ0) is 29.9. The fourth-order valence-corrected chi connectivity index (χ4v) is 4.79. The van der Waals surface area contributed by atoms with Gasteiger partial charge in [-0.05, 0) is 54.4 Å². The lowest BCUT2D eigenvalue weighted by Crippen LogP contribution is -2.31. The van der Waals surface area contributed by atoms with E-state index in [-0.39, 0.29) is 34.7 Å². The molecule has 0 saturated carbocycles. The van der Waals surface area contributed by atoms with Gasteiger partial charge in [0, 0.05) is 36.5 Å². The van der Waals surface area contributed by atoms with Gasteiger partial charge < -0.3 is 9.88 Å². The lowest BCUT2D eigenvalue weighted by Gasteiger charge is -2.18. The predicted molar refractivity (Wildman–Crippen MR) is 145 cm³/mol. The van der Waals surface area contributed by atoms with Gasteiger partial charge >= 0.3 is 6.18 Å². The Labute approximate surface area is 233 Å². The van der Waals surface area contributed by atoms with Crippen LogP contribution in [0.25, 0.3) is 11.1 Å². The van der Waals surface area contributed by atoms with Crippen molar-refractivity contribution in [3.05, 3.63) is 117 Å². The van der Waals surface area contributed by atoms with Crippen molar-refractivity contribution in [3.63, 3.8) is 0 Å². The Bertz CT molecular complexity index is 1820. The van der Waals surface area contributed by atoms with Crippen molar-refractivity contribution < 1.29 is 26.4 Å². The number of hydrogen-bond acceptors (Lipinski definition) is 6. The van der Waals surface area contributed by atoms with Gasteiger partial charge in [0.05, 0.1) is 28.3 Å². The summed E-state index contributed by atoms with van der Waals surface area (Å²) < 4.78 is 65.3. The molecule has 4 aromatic rings. The monoisotopic (exact) mass is 580 g/mol. The fraction of sp³-hybridized carbons (Fsp3) is 0.172. The number of carbonyl (C=O) groups is 1. The summed E-state index contributed by atoms with van der Waals surface area (Å²) in [5.41, 5.74) is -0.374. The van der Waals surface area contributed by atoms with E-state index in [1.165, 1.54) is 48.8 Å². The van der Waals surface area contributed by atoms with Crippen LogP contribution in [-0.2, 0) is 29.1 Å². The maximum Gasteiger partial charge on any atom is 0.416 e. The normalized spacial score (nSPS) is 11.6. The van der Waals surface area contributed by atoms with Gasteiger partial charge in [-0.2, -0.15) is 18.4 Å². The topological polar surface area (TPSA) is 122 Å². The highest BCUT2D eigenvalue weighted by atomic mass is 32.2. The van der Waals surface area contributed by atoms with Crippen LogP contribution in [0.4, 0.5) is 13.2 Å². The number of nitriles is 1. The molecule has 0 radical (unpaired) electrons. The molecule has 0 unspecified atom stereocenters. The van der Waals surface area contributed by atoms with Crippen LogP contribution in [0, 0.1) is 18.3 Å². The molecule has 41 heavy (non-hydrogen) atoms. The van der Waals surface area contributed by atoms with Crippen LogP contribution in [0.2, 0.25) is 0 Å². The average Bonchev–Trinajstić information content (AvgIpc) is 2.93. The van der Waals surface area contributed by atoms with Gasteiger partial charge in [-0.25, -0.2) is 8.42 Å². The molecule has 0 atom stereocenters. The van der Waals surface area contributed by atoms with Crippen molar-refractivity contribution in [3.8, 4) is 17.2 Å². The molecule has 1 amide bonds. The Morgan fingerprint density at radius 1 is 1.10 bits per heavy atom. The smallest absolute Gasteiger partial charge is 0.348 e. The van der Waals surface area contributed by atoms with Crippen LogP contribution in [-0.4, -0.2) is 30.1 Å². The minimum atomic E-state index is -4.64. The molecule has 0 aliphatic carbocycles. The van der Waals surface area contributed by atoms with E-state index >= 15 is 0 Å². The number of sulfone groups is 1. The Morgan fingerprint density at radius 3 is 2.39 bits per heavy atom. The van der Waals surface area contributed by atoms with Gasteiger partial charge in [0.1, 0.15) is 11.6 Å². The van der Waals surface area contributed by atoms with Gasteiger partial charge in [0.15, 0.2) is 9.84 Å². The number of nitrogens with one attached hydrogen (secondary N) is 1. The first-order valence-corrected chi connectivity index (χ1v) is 14.0. The van der Waals surface area contributed by atoms with Crippen LogP contribution >= 0.6 is 0 Å².